The van der Waals surface area contributed by atoms with Gasteiger partial charge in [-0.25, -0.2) is 9.50 Å². The fraction of sp³-hybridized carbons (Fsp3) is 0.350. The molecule has 25 heavy (non-hydrogen) atoms. The van der Waals surface area contributed by atoms with Crippen LogP contribution in [0.15, 0.2) is 42.5 Å². The summed E-state index contributed by atoms with van der Waals surface area (Å²) in [7, 11) is 0. The Balaban J connectivity index is 1.85. The standard InChI is InChI=1S/C20H24N4O/c1-3-4-5-9-12-21-20(25)18-13-15(2)22-19-14-17(23-24(18)19)16-10-7-6-8-11-16/h6-8,10-11,13-14H,3-5,9,12H2,1-2H3,(H,21,25). The highest BCUT2D eigenvalue weighted by molar-refractivity contribution is 5.93. The fourth-order valence-corrected chi connectivity index (χ4v) is 2.86. The van der Waals surface area contributed by atoms with Gasteiger partial charge in [0, 0.05) is 23.9 Å². The topological polar surface area (TPSA) is 59.3 Å². The number of aromatic nitrogens is 3. The number of aryl methyl sites for hydroxylation is 1. The summed E-state index contributed by atoms with van der Waals surface area (Å²) in [6.07, 6.45) is 4.53. The van der Waals surface area contributed by atoms with E-state index in [1.165, 1.54) is 12.8 Å². The van der Waals surface area contributed by atoms with Crippen molar-refractivity contribution in [2.45, 2.75) is 39.5 Å². The molecular weight excluding hydrogens is 312 g/mol. The number of amides is 1. The highest BCUT2D eigenvalue weighted by atomic mass is 16.1. The summed E-state index contributed by atoms with van der Waals surface area (Å²) in [4.78, 5) is 17.1. The molecule has 0 unspecified atom stereocenters. The number of hydrogen-bond donors (Lipinski definition) is 1. The van der Waals surface area contributed by atoms with Crippen molar-refractivity contribution in [3.8, 4) is 11.3 Å². The van der Waals surface area contributed by atoms with Crippen LogP contribution in [0, 0.1) is 6.92 Å². The predicted molar refractivity (Wildman–Crippen MR) is 99.6 cm³/mol. The van der Waals surface area contributed by atoms with Crippen molar-refractivity contribution >= 4 is 11.6 Å². The number of rotatable bonds is 7. The van der Waals surface area contributed by atoms with Gasteiger partial charge in [-0.1, -0.05) is 56.5 Å². The Morgan fingerprint density at radius 3 is 2.68 bits per heavy atom. The first kappa shape index (κ1) is 17.1. The Morgan fingerprint density at radius 1 is 1.12 bits per heavy atom. The summed E-state index contributed by atoms with van der Waals surface area (Å²) in [5.74, 6) is -0.102. The first-order valence-electron chi connectivity index (χ1n) is 8.90. The second kappa shape index (κ2) is 7.92. The van der Waals surface area contributed by atoms with Gasteiger partial charge in [0.15, 0.2) is 5.65 Å². The van der Waals surface area contributed by atoms with Gasteiger partial charge in [0.05, 0.1) is 5.69 Å². The lowest BCUT2D eigenvalue weighted by Crippen LogP contribution is -2.27. The molecule has 0 aliphatic heterocycles. The Labute approximate surface area is 148 Å². The van der Waals surface area contributed by atoms with E-state index in [2.05, 4.69) is 22.3 Å². The fourth-order valence-electron chi connectivity index (χ4n) is 2.86. The number of carbonyl (C=O) groups excluding carboxylic acids is 1. The third-order valence-electron chi connectivity index (χ3n) is 4.17. The van der Waals surface area contributed by atoms with Crippen LogP contribution in [0.2, 0.25) is 0 Å². The van der Waals surface area contributed by atoms with E-state index in [4.69, 9.17) is 0 Å². The second-order valence-corrected chi connectivity index (χ2v) is 6.26. The van der Waals surface area contributed by atoms with Crippen LogP contribution >= 0.6 is 0 Å². The summed E-state index contributed by atoms with van der Waals surface area (Å²) in [5, 5.41) is 7.59. The van der Waals surface area contributed by atoms with Gasteiger partial charge >= 0.3 is 0 Å². The van der Waals surface area contributed by atoms with Crippen LogP contribution in [-0.4, -0.2) is 27.0 Å². The molecule has 1 N–H and O–H groups in total. The first-order chi connectivity index (χ1) is 12.2. The van der Waals surface area contributed by atoms with Gasteiger partial charge in [-0.3, -0.25) is 4.79 Å². The van der Waals surface area contributed by atoms with E-state index < -0.39 is 0 Å². The lowest BCUT2D eigenvalue weighted by molar-refractivity contribution is 0.0945. The van der Waals surface area contributed by atoms with Gasteiger partial charge in [-0.2, -0.15) is 5.10 Å². The van der Waals surface area contributed by atoms with E-state index >= 15 is 0 Å². The number of hydrogen-bond acceptors (Lipinski definition) is 3. The minimum atomic E-state index is -0.102. The van der Waals surface area contributed by atoms with Crippen LogP contribution in [0.25, 0.3) is 16.9 Å². The molecule has 0 bridgehead atoms. The zero-order valence-corrected chi connectivity index (χ0v) is 14.8. The Morgan fingerprint density at radius 2 is 1.92 bits per heavy atom. The molecule has 0 saturated carbocycles. The molecule has 5 nitrogen and oxygen atoms in total. The van der Waals surface area contributed by atoms with E-state index in [-0.39, 0.29) is 5.91 Å². The molecule has 0 aliphatic rings. The van der Waals surface area contributed by atoms with Crippen LogP contribution in [0.4, 0.5) is 0 Å². The highest BCUT2D eigenvalue weighted by Gasteiger charge is 2.15. The maximum absolute atomic E-state index is 12.6. The van der Waals surface area contributed by atoms with Gasteiger partial charge in [-0.05, 0) is 19.4 Å². The van der Waals surface area contributed by atoms with Gasteiger partial charge in [0.25, 0.3) is 5.91 Å². The van der Waals surface area contributed by atoms with Gasteiger partial charge in [0.2, 0.25) is 0 Å². The second-order valence-electron chi connectivity index (χ2n) is 6.26. The summed E-state index contributed by atoms with van der Waals surface area (Å²) in [5.41, 5.74) is 3.85. The van der Waals surface area contributed by atoms with Gasteiger partial charge < -0.3 is 5.32 Å². The molecule has 130 valence electrons. The van der Waals surface area contributed by atoms with Crippen molar-refractivity contribution in [1.29, 1.82) is 0 Å². The van der Waals surface area contributed by atoms with Gasteiger partial charge in [-0.15, -0.1) is 0 Å². The van der Waals surface area contributed by atoms with E-state index in [0.29, 0.717) is 17.9 Å². The SMILES string of the molecule is CCCCCCNC(=O)c1cc(C)nc2cc(-c3ccccc3)nn12. The maximum atomic E-state index is 12.6. The molecule has 2 aromatic heterocycles. The Kier molecular flexibility index (Phi) is 5.43. The number of unbranched alkanes of at least 4 members (excludes halogenated alkanes) is 3. The zero-order valence-electron chi connectivity index (χ0n) is 14.8. The molecule has 0 atom stereocenters. The minimum Gasteiger partial charge on any atom is -0.351 e. The average molecular weight is 336 g/mol. The van der Waals surface area contributed by atoms with Crippen LogP contribution in [0.5, 0.6) is 0 Å². The van der Waals surface area contributed by atoms with Crippen molar-refractivity contribution < 1.29 is 4.79 Å². The molecule has 0 saturated heterocycles. The molecule has 1 amide bonds. The first-order valence-corrected chi connectivity index (χ1v) is 8.90. The van der Waals surface area contributed by atoms with Crippen molar-refractivity contribution in [3.05, 3.63) is 53.9 Å². The molecule has 5 heteroatoms. The molecular formula is C20H24N4O. The van der Waals surface area contributed by atoms with Crippen molar-refractivity contribution in [1.82, 2.24) is 19.9 Å². The summed E-state index contributed by atoms with van der Waals surface area (Å²) >= 11 is 0. The molecule has 3 rings (SSSR count). The van der Waals surface area contributed by atoms with Crippen molar-refractivity contribution in [2.75, 3.05) is 6.54 Å². The van der Waals surface area contributed by atoms with E-state index in [9.17, 15) is 4.79 Å². The molecule has 1 aromatic carbocycles. The lowest BCUT2D eigenvalue weighted by Gasteiger charge is -2.07. The molecule has 3 aromatic rings. The Hall–Kier alpha value is -2.69. The average Bonchev–Trinajstić information content (AvgIpc) is 3.05. The third-order valence-corrected chi connectivity index (χ3v) is 4.17. The minimum absolute atomic E-state index is 0.102. The van der Waals surface area contributed by atoms with Crippen LogP contribution < -0.4 is 5.32 Å². The summed E-state index contributed by atoms with van der Waals surface area (Å²) in [6, 6.07) is 13.6. The number of carbonyl (C=O) groups is 1. The number of nitrogens with zero attached hydrogens (tertiary/aromatic N) is 3. The quantitative estimate of drug-likeness (QED) is 0.663. The molecule has 0 aliphatic carbocycles. The molecule has 2 heterocycles. The predicted octanol–water partition coefficient (Wildman–Crippen LogP) is 4.01. The lowest BCUT2D eigenvalue weighted by atomic mass is 10.2. The van der Waals surface area contributed by atoms with Crippen molar-refractivity contribution in [3.63, 3.8) is 0 Å². The number of nitrogens with one attached hydrogen (secondary N) is 1. The molecule has 0 fully saturated rings. The zero-order chi connectivity index (χ0) is 17.6. The van der Waals surface area contributed by atoms with Gasteiger partial charge in [0.1, 0.15) is 5.69 Å². The van der Waals surface area contributed by atoms with Crippen molar-refractivity contribution in [2.24, 2.45) is 0 Å². The highest BCUT2D eigenvalue weighted by Crippen LogP contribution is 2.20. The Bertz CT molecular complexity index is 855. The number of fused-ring (bicyclic) bond motifs is 1. The summed E-state index contributed by atoms with van der Waals surface area (Å²) in [6.45, 7) is 4.76. The van der Waals surface area contributed by atoms with E-state index in [1.807, 2.05) is 43.3 Å². The third kappa shape index (κ3) is 4.05. The smallest absolute Gasteiger partial charge is 0.270 e. The van der Waals surface area contributed by atoms with Crippen LogP contribution in [-0.2, 0) is 0 Å². The maximum Gasteiger partial charge on any atom is 0.270 e. The van der Waals surface area contributed by atoms with E-state index in [0.717, 1.165) is 29.8 Å². The largest absolute Gasteiger partial charge is 0.351 e. The number of benzene rings is 1. The molecule has 0 radical (unpaired) electrons. The van der Waals surface area contributed by atoms with Crippen LogP contribution in [0.1, 0.15) is 48.8 Å². The summed E-state index contributed by atoms with van der Waals surface area (Å²) < 4.78 is 1.64. The van der Waals surface area contributed by atoms with E-state index in [1.54, 1.807) is 10.6 Å². The molecule has 0 spiro atoms. The van der Waals surface area contributed by atoms with Crippen LogP contribution in [0.3, 0.4) is 0 Å². The monoisotopic (exact) mass is 336 g/mol. The normalized spacial score (nSPS) is 11.0.